The molecule has 0 aromatic heterocycles. The van der Waals surface area contributed by atoms with Gasteiger partial charge >= 0.3 is 0 Å². The topological polar surface area (TPSA) is 49.3 Å². The van der Waals surface area contributed by atoms with Crippen LogP contribution in [0.3, 0.4) is 0 Å². The molecule has 1 aromatic carbocycles. The lowest BCUT2D eigenvalue weighted by Gasteiger charge is -2.21. The first-order valence-corrected chi connectivity index (χ1v) is 7.26. The third-order valence-corrected chi connectivity index (χ3v) is 3.95. The number of benzene rings is 1. The molecular formula is C15H20ClNO2. The Labute approximate surface area is 119 Å². The van der Waals surface area contributed by atoms with Gasteiger partial charge in [0.2, 0.25) is 5.91 Å². The Balaban J connectivity index is 1.80. The zero-order valence-corrected chi connectivity index (χ0v) is 11.7. The van der Waals surface area contributed by atoms with E-state index in [0.717, 1.165) is 31.2 Å². The molecule has 0 unspecified atom stereocenters. The third kappa shape index (κ3) is 4.22. The SMILES string of the molecule is O=C(NC[C@H](O)c1ccc(Cl)cc1)C1CCCCC1. The summed E-state index contributed by atoms with van der Waals surface area (Å²) in [5.41, 5.74) is 0.772. The van der Waals surface area contributed by atoms with Gasteiger partial charge in [0, 0.05) is 17.5 Å². The second-order valence-electron chi connectivity index (χ2n) is 5.15. The van der Waals surface area contributed by atoms with Gasteiger partial charge < -0.3 is 10.4 Å². The Bertz CT molecular complexity index is 413. The molecule has 0 bridgehead atoms. The molecule has 0 saturated heterocycles. The molecule has 1 amide bonds. The normalized spacial score (nSPS) is 18.0. The monoisotopic (exact) mass is 281 g/mol. The molecule has 1 aliphatic rings. The molecule has 0 spiro atoms. The van der Waals surface area contributed by atoms with Crippen LogP contribution in [0.1, 0.15) is 43.8 Å². The van der Waals surface area contributed by atoms with Crippen LogP contribution in [0.5, 0.6) is 0 Å². The first kappa shape index (κ1) is 14.4. The highest BCUT2D eigenvalue weighted by Gasteiger charge is 2.21. The van der Waals surface area contributed by atoms with Crippen molar-refractivity contribution in [3.63, 3.8) is 0 Å². The number of nitrogens with one attached hydrogen (secondary N) is 1. The Morgan fingerprint density at radius 2 is 1.89 bits per heavy atom. The van der Waals surface area contributed by atoms with E-state index in [2.05, 4.69) is 5.32 Å². The Morgan fingerprint density at radius 3 is 2.53 bits per heavy atom. The number of carbonyl (C=O) groups is 1. The van der Waals surface area contributed by atoms with Crippen LogP contribution in [0.25, 0.3) is 0 Å². The van der Waals surface area contributed by atoms with E-state index < -0.39 is 6.10 Å². The average molecular weight is 282 g/mol. The van der Waals surface area contributed by atoms with E-state index in [4.69, 9.17) is 11.6 Å². The molecule has 1 aliphatic carbocycles. The summed E-state index contributed by atoms with van der Waals surface area (Å²) in [6, 6.07) is 7.03. The summed E-state index contributed by atoms with van der Waals surface area (Å²) < 4.78 is 0. The van der Waals surface area contributed by atoms with Crippen LogP contribution in [0.2, 0.25) is 5.02 Å². The quantitative estimate of drug-likeness (QED) is 0.891. The number of aliphatic hydroxyl groups is 1. The van der Waals surface area contributed by atoms with Crippen LogP contribution in [0.4, 0.5) is 0 Å². The first-order chi connectivity index (χ1) is 9.16. The van der Waals surface area contributed by atoms with E-state index in [9.17, 15) is 9.90 Å². The minimum Gasteiger partial charge on any atom is -0.387 e. The van der Waals surface area contributed by atoms with Crippen molar-refractivity contribution in [3.05, 3.63) is 34.9 Å². The Morgan fingerprint density at radius 1 is 1.26 bits per heavy atom. The number of aliphatic hydroxyl groups excluding tert-OH is 1. The van der Waals surface area contributed by atoms with E-state index in [1.165, 1.54) is 6.42 Å². The number of hydrogen-bond acceptors (Lipinski definition) is 2. The summed E-state index contributed by atoms with van der Waals surface area (Å²) in [4.78, 5) is 11.9. The van der Waals surface area contributed by atoms with Crippen molar-refractivity contribution >= 4 is 17.5 Å². The number of halogens is 1. The molecule has 2 N–H and O–H groups in total. The van der Waals surface area contributed by atoms with Crippen molar-refractivity contribution in [2.24, 2.45) is 5.92 Å². The van der Waals surface area contributed by atoms with Gasteiger partial charge in [0.05, 0.1) is 6.10 Å². The van der Waals surface area contributed by atoms with Gasteiger partial charge in [0.1, 0.15) is 0 Å². The maximum absolute atomic E-state index is 11.9. The first-order valence-electron chi connectivity index (χ1n) is 6.88. The van der Waals surface area contributed by atoms with Gasteiger partial charge in [-0.15, -0.1) is 0 Å². The number of carbonyl (C=O) groups excluding carboxylic acids is 1. The molecule has 3 nitrogen and oxygen atoms in total. The van der Waals surface area contributed by atoms with Crippen molar-refractivity contribution in [1.82, 2.24) is 5.32 Å². The van der Waals surface area contributed by atoms with E-state index >= 15 is 0 Å². The lowest BCUT2D eigenvalue weighted by atomic mass is 9.88. The van der Waals surface area contributed by atoms with Crippen molar-refractivity contribution in [2.45, 2.75) is 38.2 Å². The van der Waals surface area contributed by atoms with Gasteiger partial charge in [-0.2, -0.15) is 0 Å². The van der Waals surface area contributed by atoms with Crippen LogP contribution in [0, 0.1) is 5.92 Å². The molecule has 2 rings (SSSR count). The fourth-order valence-electron chi connectivity index (χ4n) is 2.51. The molecule has 1 atom stereocenters. The van der Waals surface area contributed by atoms with Gasteiger partial charge in [-0.25, -0.2) is 0 Å². The van der Waals surface area contributed by atoms with Crippen LogP contribution in [-0.4, -0.2) is 17.6 Å². The maximum Gasteiger partial charge on any atom is 0.223 e. The van der Waals surface area contributed by atoms with Crippen LogP contribution < -0.4 is 5.32 Å². The summed E-state index contributed by atoms with van der Waals surface area (Å²) in [6.07, 6.45) is 4.78. The standard InChI is InChI=1S/C15H20ClNO2/c16-13-8-6-11(7-9-13)14(18)10-17-15(19)12-4-2-1-3-5-12/h6-9,12,14,18H,1-5,10H2,(H,17,19)/t14-/m0/s1. The summed E-state index contributed by atoms with van der Waals surface area (Å²) in [6.45, 7) is 0.261. The second-order valence-corrected chi connectivity index (χ2v) is 5.58. The highest BCUT2D eigenvalue weighted by Crippen LogP contribution is 2.24. The molecule has 0 aliphatic heterocycles. The van der Waals surface area contributed by atoms with Gasteiger partial charge in [-0.05, 0) is 30.5 Å². The van der Waals surface area contributed by atoms with E-state index in [-0.39, 0.29) is 18.4 Å². The summed E-state index contributed by atoms with van der Waals surface area (Å²) in [5.74, 6) is 0.207. The third-order valence-electron chi connectivity index (χ3n) is 3.70. The van der Waals surface area contributed by atoms with Crippen molar-refractivity contribution in [3.8, 4) is 0 Å². The Kier molecular flexibility index (Phi) is 5.23. The fraction of sp³-hybridized carbons (Fsp3) is 0.533. The second kappa shape index (κ2) is 6.92. The molecular weight excluding hydrogens is 262 g/mol. The van der Waals surface area contributed by atoms with E-state index in [1.54, 1.807) is 24.3 Å². The molecule has 0 heterocycles. The van der Waals surface area contributed by atoms with Crippen LogP contribution in [-0.2, 0) is 4.79 Å². The molecule has 0 radical (unpaired) electrons. The molecule has 1 saturated carbocycles. The van der Waals surface area contributed by atoms with Crippen LogP contribution in [0.15, 0.2) is 24.3 Å². The largest absolute Gasteiger partial charge is 0.387 e. The number of rotatable bonds is 4. The summed E-state index contributed by atoms with van der Waals surface area (Å²) in [5, 5.41) is 13.5. The predicted octanol–water partition coefficient (Wildman–Crippen LogP) is 3.07. The molecule has 19 heavy (non-hydrogen) atoms. The van der Waals surface area contributed by atoms with Gasteiger partial charge in [0.15, 0.2) is 0 Å². The van der Waals surface area contributed by atoms with Gasteiger partial charge in [-0.3, -0.25) is 4.79 Å². The highest BCUT2D eigenvalue weighted by atomic mass is 35.5. The molecule has 104 valence electrons. The predicted molar refractivity (Wildman–Crippen MR) is 76.0 cm³/mol. The average Bonchev–Trinajstić information content (AvgIpc) is 2.46. The minimum absolute atomic E-state index is 0.0766. The molecule has 1 aromatic rings. The fourth-order valence-corrected chi connectivity index (χ4v) is 2.64. The van der Waals surface area contributed by atoms with Gasteiger partial charge in [0.25, 0.3) is 0 Å². The maximum atomic E-state index is 11.9. The van der Waals surface area contributed by atoms with Crippen LogP contribution >= 0.6 is 11.6 Å². The lowest BCUT2D eigenvalue weighted by molar-refractivity contribution is -0.126. The minimum atomic E-state index is -0.676. The van der Waals surface area contributed by atoms with E-state index in [1.807, 2.05) is 0 Å². The zero-order valence-electron chi connectivity index (χ0n) is 10.9. The summed E-state index contributed by atoms with van der Waals surface area (Å²) in [7, 11) is 0. The number of amides is 1. The van der Waals surface area contributed by atoms with E-state index in [0.29, 0.717) is 5.02 Å². The highest BCUT2D eigenvalue weighted by molar-refractivity contribution is 6.30. The number of hydrogen-bond donors (Lipinski definition) is 2. The van der Waals surface area contributed by atoms with Crippen molar-refractivity contribution in [1.29, 1.82) is 0 Å². The Hall–Kier alpha value is -1.06. The lowest BCUT2D eigenvalue weighted by Crippen LogP contribution is -2.34. The molecule has 1 fully saturated rings. The molecule has 4 heteroatoms. The van der Waals surface area contributed by atoms with Gasteiger partial charge in [-0.1, -0.05) is 43.0 Å². The summed E-state index contributed by atoms with van der Waals surface area (Å²) >= 11 is 5.79. The van der Waals surface area contributed by atoms with Crippen molar-refractivity contribution < 1.29 is 9.90 Å². The van der Waals surface area contributed by atoms with Crippen molar-refractivity contribution in [2.75, 3.05) is 6.54 Å². The smallest absolute Gasteiger partial charge is 0.223 e. The zero-order chi connectivity index (χ0) is 13.7.